The standard InChI is InChI=1S/C81H158O17P2/c1-7-9-11-13-15-17-19-20-21-22-23-24-27-31-34-41-47-53-59-65-80(85)97-77(70-92-79(84)64-58-52-46-40-33-30-28-25-26-29-32-37-43-49-55-61-73(3)4)72-96-100(89,90)94-68-75(82)67-93-99(87,88)95-71-76(69-91-78(83)63-57-51-45-39-18-16-14-12-10-8-2)98-81(86)66-60-54-48-42-36-35-38-44-50-56-62-74(5)6/h73-77,82H,7-72H2,1-6H3,(H,87,88)(H,89,90)/t75-,76+,77+/m0/s1. The lowest BCUT2D eigenvalue weighted by atomic mass is 10.0. The molecule has 0 heterocycles. The van der Waals surface area contributed by atoms with Gasteiger partial charge in [0, 0.05) is 25.7 Å². The van der Waals surface area contributed by atoms with Gasteiger partial charge in [-0.15, -0.1) is 0 Å². The zero-order chi connectivity index (χ0) is 73.5. The molecule has 0 bridgehead atoms. The Morgan fingerprint density at radius 1 is 0.270 bits per heavy atom. The van der Waals surface area contributed by atoms with Gasteiger partial charge in [0.1, 0.15) is 19.3 Å². The Bertz CT molecular complexity index is 1920. The van der Waals surface area contributed by atoms with Crippen LogP contribution in [0.5, 0.6) is 0 Å². The number of hydrogen-bond acceptors (Lipinski definition) is 15. The minimum absolute atomic E-state index is 0.106. The van der Waals surface area contributed by atoms with Gasteiger partial charge in [-0.25, -0.2) is 9.13 Å². The monoisotopic (exact) mass is 1470 g/mol. The molecular weight excluding hydrogens is 1310 g/mol. The summed E-state index contributed by atoms with van der Waals surface area (Å²) in [5, 5.41) is 10.6. The lowest BCUT2D eigenvalue weighted by Crippen LogP contribution is -2.30. The number of rotatable bonds is 80. The summed E-state index contributed by atoms with van der Waals surface area (Å²) in [6, 6.07) is 0. The molecule has 0 aliphatic heterocycles. The molecule has 0 aliphatic rings. The van der Waals surface area contributed by atoms with Crippen LogP contribution in [0.15, 0.2) is 0 Å². The second-order valence-corrected chi connectivity index (χ2v) is 33.0. The largest absolute Gasteiger partial charge is 0.472 e. The average molecular weight is 1470 g/mol. The van der Waals surface area contributed by atoms with E-state index in [0.717, 1.165) is 102 Å². The molecular formula is C81H158O17P2. The van der Waals surface area contributed by atoms with Crippen molar-refractivity contribution in [3.63, 3.8) is 0 Å². The van der Waals surface area contributed by atoms with Crippen molar-refractivity contribution in [3.05, 3.63) is 0 Å². The van der Waals surface area contributed by atoms with Gasteiger partial charge < -0.3 is 33.8 Å². The third-order valence-electron chi connectivity index (χ3n) is 19.0. The first-order chi connectivity index (χ1) is 48.4. The molecule has 0 aromatic rings. The first-order valence-corrected chi connectivity index (χ1v) is 45.0. The molecule has 0 spiro atoms. The van der Waals surface area contributed by atoms with E-state index in [0.29, 0.717) is 25.7 Å². The normalized spacial score (nSPS) is 13.9. The summed E-state index contributed by atoms with van der Waals surface area (Å²) in [6.45, 7) is 9.64. The van der Waals surface area contributed by atoms with Crippen molar-refractivity contribution in [3.8, 4) is 0 Å². The summed E-state index contributed by atoms with van der Waals surface area (Å²) >= 11 is 0. The number of unbranched alkanes of at least 4 members (excludes halogenated alkanes) is 50. The van der Waals surface area contributed by atoms with Gasteiger partial charge in [0.25, 0.3) is 0 Å². The molecule has 0 amide bonds. The molecule has 0 radical (unpaired) electrons. The molecule has 0 rings (SSSR count). The lowest BCUT2D eigenvalue weighted by Gasteiger charge is -2.21. The van der Waals surface area contributed by atoms with Crippen LogP contribution in [0.25, 0.3) is 0 Å². The summed E-state index contributed by atoms with van der Waals surface area (Å²) in [7, 11) is -9.92. The minimum Gasteiger partial charge on any atom is -0.462 e. The number of hydrogen-bond donors (Lipinski definition) is 3. The summed E-state index contributed by atoms with van der Waals surface area (Å²) in [5.74, 6) is -0.550. The van der Waals surface area contributed by atoms with E-state index in [-0.39, 0.29) is 25.7 Å². The number of aliphatic hydroxyl groups is 1. The third-order valence-corrected chi connectivity index (χ3v) is 20.9. The van der Waals surface area contributed by atoms with Crippen molar-refractivity contribution in [2.75, 3.05) is 39.6 Å². The quantitative estimate of drug-likeness (QED) is 0.0222. The van der Waals surface area contributed by atoms with Crippen LogP contribution in [0.3, 0.4) is 0 Å². The van der Waals surface area contributed by atoms with Crippen molar-refractivity contribution in [2.24, 2.45) is 11.8 Å². The molecule has 0 saturated carbocycles. The Kier molecular flexibility index (Phi) is 71.2. The van der Waals surface area contributed by atoms with Gasteiger partial charge in [-0.2, -0.15) is 0 Å². The van der Waals surface area contributed by atoms with Crippen LogP contribution in [0.1, 0.15) is 427 Å². The number of phosphoric acid groups is 2. The molecule has 594 valence electrons. The molecule has 0 aromatic carbocycles. The van der Waals surface area contributed by atoms with Crippen LogP contribution in [0.2, 0.25) is 0 Å². The summed E-state index contributed by atoms with van der Waals surface area (Å²) in [6.07, 6.45) is 62.4. The molecule has 0 saturated heterocycles. The Hall–Kier alpha value is -1.94. The van der Waals surface area contributed by atoms with Crippen LogP contribution in [-0.4, -0.2) is 96.7 Å². The Morgan fingerprint density at radius 2 is 0.460 bits per heavy atom. The zero-order valence-electron chi connectivity index (χ0n) is 65.5. The third kappa shape index (κ3) is 74.3. The highest BCUT2D eigenvalue weighted by Crippen LogP contribution is 2.45. The van der Waals surface area contributed by atoms with Gasteiger partial charge in [0.15, 0.2) is 12.2 Å². The lowest BCUT2D eigenvalue weighted by molar-refractivity contribution is -0.161. The maximum Gasteiger partial charge on any atom is 0.472 e. The number of esters is 4. The van der Waals surface area contributed by atoms with E-state index < -0.39 is 97.5 Å². The van der Waals surface area contributed by atoms with Crippen molar-refractivity contribution >= 4 is 39.5 Å². The van der Waals surface area contributed by atoms with E-state index in [1.54, 1.807) is 0 Å². The maximum absolute atomic E-state index is 13.1. The molecule has 19 heteroatoms. The van der Waals surface area contributed by atoms with Crippen molar-refractivity contribution in [1.82, 2.24) is 0 Å². The number of phosphoric ester groups is 2. The van der Waals surface area contributed by atoms with Crippen molar-refractivity contribution in [1.29, 1.82) is 0 Å². The molecule has 5 atom stereocenters. The number of aliphatic hydroxyl groups excluding tert-OH is 1. The van der Waals surface area contributed by atoms with Gasteiger partial charge >= 0.3 is 39.5 Å². The molecule has 100 heavy (non-hydrogen) atoms. The number of carbonyl (C=O) groups is 4. The summed E-state index contributed by atoms with van der Waals surface area (Å²) in [5.41, 5.74) is 0. The second-order valence-electron chi connectivity index (χ2n) is 30.1. The van der Waals surface area contributed by atoms with Gasteiger partial charge in [-0.3, -0.25) is 37.3 Å². The number of ether oxygens (including phenoxy) is 4. The Morgan fingerprint density at radius 3 is 0.680 bits per heavy atom. The van der Waals surface area contributed by atoms with E-state index in [2.05, 4.69) is 41.5 Å². The summed E-state index contributed by atoms with van der Waals surface area (Å²) < 4.78 is 68.7. The molecule has 0 aliphatic carbocycles. The molecule has 0 aromatic heterocycles. The van der Waals surface area contributed by atoms with Crippen LogP contribution in [0.4, 0.5) is 0 Å². The zero-order valence-corrected chi connectivity index (χ0v) is 67.3. The van der Waals surface area contributed by atoms with Gasteiger partial charge in [0.05, 0.1) is 26.4 Å². The Labute approximate surface area is 613 Å². The van der Waals surface area contributed by atoms with Crippen molar-refractivity contribution in [2.45, 2.75) is 445 Å². The first-order valence-electron chi connectivity index (χ1n) is 42.0. The highest BCUT2D eigenvalue weighted by molar-refractivity contribution is 7.47. The van der Waals surface area contributed by atoms with Gasteiger partial charge in [-0.1, -0.05) is 375 Å². The van der Waals surface area contributed by atoms with E-state index in [1.807, 2.05) is 0 Å². The molecule has 0 fully saturated rings. The van der Waals surface area contributed by atoms with E-state index in [1.165, 1.54) is 244 Å². The fraction of sp³-hybridized carbons (Fsp3) is 0.951. The summed E-state index contributed by atoms with van der Waals surface area (Å²) in [4.78, 5) is 73.0. The predicted octanol–water partition coefficient (Wildman–Crippen LogP) is 24.3. The fourth-order valence-electron chi connectivity index (χ4n) is 12.5. The molecule has 2 unspecified atom stereocenters. The average Bonchev–Trinajstić information content (AvgIpc) is 0.925. The van der Waals surface area contributed by atoms with E-state index >= 15 is 0 Å². The SMILES string of the molecule is CCCCCCCCCCCCCCCCCCCCCC(=O)O[C@H](COC(=O)CCCCCCCCCCCCCCCCCC(C)C)COP(=O)(O)OC[C@@H](O)COP(=O)(O)OC[C@@H](COC(=O)CCCCCCCCCCCC)OC(=O)CCCCCCCCCCCCC(C)C. The predicted molar refractivity (Wildman–Crippen MR) is 409 cm³/mol. The Balaban J connectivity index is 5.23. The first kappa shape index (κ1) is 98.1. The van der Waals surface area contributed by atoms with Crippen LogP contribution in [0, 0.1) is 11.8 Å². The highest BCUT2D eigenvalue weighted by atomic mass is 31.2. The second kappa shape index (κ2) is 72.6. The minimum atomic E-state index is -4.96. The van der Waals surface area contributed by atoms with Crippen molar-refractivity contribution < 1.29 is 80.2 Å². The maximum atomic E-state index is 13.1. The topological polar surface area (TPSA) is 237 Å². The van der Waals surface area contributed by atoms with Crippen LogP contribution < -0.4 is 0 Å². The van der Waals surface area contributed by atoms with Gasteiger partial charge in [-0.05, 0) is 37.5 Å². The van der Waals surface area contributed by atoms with E-state index in [4.69, 9.17) is 37.0 Å². The van der Waals surface area contributed by atoms with E-state index in [9.17, 15) is 43.2 Å². The van der Waals surface area contributed by atoms with Crippen LogP contribution >= 0.6 is 15.6 Å². The smallest absolute Gasteiger partial charge is 0.462 e. The molecule has 17 nitrogen and oxygen atoms in total. The highest BCUT2D eigenvalue weighted by Gasteiger charge is 2.30. The molecule has 3 N–H and O–H groups in total. The van der Waals surface area contributed by atoms with Gasteiger partial charge in [0.2, 0.25) is 0 Å². The fourth-order valence-corrected chi connectivity index (χ4v) is 14.1. The van der Waals surface area contributed by atoms with Crippen LogP contribution in [-0.2, 0) is 65.4 Å². The number of carbonyl (C=O) groups excluding carboxylic acids is 4.